The first-order chi connectivity index (χ1) is 8.01. The zero-order chi connectivity index (χ0) is 13.0. The Bertz CT molecular complexity index is 363. The minimum Gasteiger partial charge on any atom is -0.307 e. The van der Waals surface area contributed by atoms with Crippen molar-refractivity contribution >= 4 is 34.2 Å². The predicted molar refractivity (Wildman–Crippen MR) is 82.0 cm³/mol. The van der Waals surface area contributed by atoms with E-state index in [-0.39, 0.29) is 0 Å². The maximum Gasteiger partial charge on any atom is 0.0860 e. The minimum atomic E-state index is 0.521. The molecule has 17 heavy (non-hydrogen) atoms. The third kappa shape index (κ3) is 3.83. The van der Waals surface area contributed by atoms with Crippen LogP contribution in [0.3, 0.4) is 0 Å². The number of rotatable bonds is 6. The van der Waals surface area contributed by atoms with E-state index in [0.717, 1.165) is 33.9 Å². The van der Waals surface area contributed by atoms with Crippen LogP contribution in [-0.2, 0) is 13.1 Å². The predicted octanol–water partition coefficient (Wildman–Crippen LogP) is 3.41. The molecule has 0 aliphatic rings. The molecule has 1 heterocycles. The van der Waals surface area contributed by atoms with E-state index in [9.17, 15) is 0 Å². The van der Waals surface area contributed by atoms with Crippen molar-refractivity contribution in [1.29, 1.82) is 0 Å². The van der Waals surface area contributed by atoms with E-state index in [0.29, 0.717) is 12.0 Å². The summed E-state index contributed by atoms with van der Waals surface area (Å²) in [6.07, 6.45) is 0. The largest absolute Gasteiger partial charge is 0.307 e. The number of alkyl halides is 1. The van der Waals surface area contributed by atoms with Gasteiger partial charge in [0.05, 0.1) is 16.4 Å². The van der Waals surface area contributed by atoms with Crippen molar-refractivity contribution in [2.24, 2.45) is 5.92 Å². The fourth-order valence-electron chi connectivity index (χ4n) is 1.73. The number of hydrogen-bond donors (Lipinski definition) is 1. The zero-order valence-electron chi connectivity index (χ0n) is 10.9. The quantitative estimate of drug-likeness (QED) is 0.615. The summed E-state index contributed by atoms with van der Waals surface area (Å²) in [6.45, 7) is 10.2. The Hall–Kier alpha value is 0.190. The maximum absolute atomic E-state index is 6.27. The highest BCUT2D eigenvalue weighted by atomic mass is 127. The smallest absolute Gasteiger partial charge is 0.0860 e. The van der Waals surface area contributed by atoms with E-state index in [4.69, 9.17) is 11.6 Å². The van der Waals surface area contributed by atoms with Crippen LogP contribution in [0, 0.1) is 12.8 Å². The van der Waals surface area contributed by atoms with Gasteiger partial charge in [-0.15, -0.1) is 0 Å². The molecule has 0 aliphatic carbocycles. The lowest BCUT2D eigenvalue weighted by atomic mass is 10.1. The fraction of sp³-hybridized carbons (Fsp3) is 0.750. The van der Waals surface area contributed by atoms with E-state index in [1.165, 1.54) is 0 Å². The molecule has 0 fully saturated rings. The molecule has 1 N–H and O–H groups in total. The molecule has 98 valence electrons. The number of aromatic nitrogens is 2. The highest BCUT2D eigenvalue weighted by Crippen LogP contribution is 2.20. The standard InChI is InChI=1S/C12H21ClIN3/c1-5-17-11(12(13)9(4)16-17)7-15-10(6-14)8(2)3/h8,10,15H,5-7H2,1-4H3. The summed E-state index contributed by atoms with van der Waals surface area (Å²) in [5, 5.41) is 8.78. The van der Waals surface area contributed by atoms with E-state index < -0.39 is 0 Å². The molecule has 0 aromatic carbocycles. The minimum absolute atomic E-state index is 0.521. The van der Waals surface area contributed by atoms with Crippen molar-refractivity contribution in [1.82, 2.24) is 15.1 Å². The first-order valence-electron chi connectivity index (χ1n) is 6.02. The van der Waals surface area contributed by atoms with Gasteiger partial charge in [0.2, 0.25) is 0 Å². The summed E-state index contributed by atoms with van der Waals surface area (Å²) in [7, 11) is 0. The number of halogens is 2. The van der Waals surface area contributed by atoms with Gasteiger partial charge >= 0.3 is 0 Å². The van der Waals surface area contributed by atoms with Crippen molar-refractivity contribution in [3.63, 3.8) is 0 Å². The first kappa shape index (κ1) is 15.2. The third-order valence-electron chi connectivity index (χ3n) is 2.96. The first-order valence-corrected chi connectivity index (χ1v) is 7.92. The van der Waals surface area contributed by atoms with Crippen molar-refractivity contribution in [2.45, 2.75) is 46.8 Å². The molecule has 3 nitrogen and oxygen atoms in total. The molecular weight excluding hydrogens is 349 g/mol. The normalized spacial score (nSPS) is 13.4. The lowest BCUT2D eigenvalue weighted by Crippen LogP contribution is -2.35. The Kier molecular flexibility index (Phi) is 6.23. The Morgan fingerprint density at radius 1 is 1.47 bits per heavy atom. The third-order valence-corrected chi connectivity index (χ3v) is 4.40. The van der Waals surface area contributed by atoms with Gasteiger partial charge in [-0.05, 0) is 19.8 Å². The maximum atomic E-state index is 6.27. The lowest BCUT2D eigenvalue weighted by Gasteiger charge is -2.20. The zero-order valence-corrected chi connectivity index (χ0v) is 13.8. The average molecular weight is 370 g/mol. The molecule has 1 aromatic rings. The Morgan fingerprint density at radius 2 is 2.12 bits per heavy atom. The molecule has 0 saturated carbocycles. The van der Waals surface area contributed by atoms with Crippen LogP contribution in [-0.4, -0.2) is 20.2 Å². The van der Waals surface area contributed by atoms with Gasteiger partial charge in [0.25, 0.3) is 0 Å². The number of nitrogens with zero attached hydrogens (tertiary/aromatic N) is 2. The molecule has 1 unspecified atom stereocenters. The summed E-state index contributed by atoms with van der Waals surface area (Å²) >= 11 is 8.70. The topological polar surface area (TPSA) is 29.9 Å². The summed E-state index contributed by atoms with van der Waals surface area (Å²) in [5.74, 6) is 0.629. The van der Waals surface area contributed by atoms with Gasteiger partial charge in [0.1, 0.15) is 0 Å². The van der Waals surface area contributed by atoms with Crippen molar-refractivity contribution < 1.29 is 0 Å². The molecule has 0 spiro atoms. The summed E-state index contributed by atoms with van der Waals surface area (Å²) in [6, 6.07) is 0.521. The van der Waals surface area contributed by atoms with Crippen LogP contribution in [0.2, 0.25) is 5.02 Å². The summed E-state index contributed by atoms with van der Waals surface area (Å²) in [5.41, 5.74) is 2.02. The molecule has 1 rings (SSSR count). The van der Waals surface area contributed by atoms with Crippen LogP contribution in [0.5, 0.6) is 0 Å². The SMILES string of the molecule is CCn1nc(C)c(Cl)c1CNC(CI)C(C)C. The van der Waals surface area contributed by atoms with Gasteiger partial charge in [-0.1, -0.05) is 48.0 Å². The van der Waals surface area contributed by atoms with Crippen LogP contribution >= 0.6 is 34.2 Å². The molecular formula is C12H21ClIN3. The molecule has 0 saturated heterocycles. The Morgan fingerprint density at radius 3 is 2.59 bits per heavy atom. The van der Waals surface area contributed by atoms with E-state index in [1.807, 2.05) is 11.6 Å². The van der Waals surface area contributed by atoms with Crippen molar-refractivity contribution in [3.05, 3.63) is 16.4 Å². The number of hydrogen-bond acceptors (Lipinski definition) is 2. The van der Waals surface area contributed by atoms with Crippen LogP contribution in [0.15, 0.2) is 0 Å². The second kappa shape index (κ2) is 6.95. The van der Waals surface area contributed by atoms with Crippen LogP contribution in [0.25, 0.3) is 0 Å². The fourth-order valence-corrected chi connectivity index (χ4v) is 3.26. The summed E-state index contributed by atoms with van der Waals surface area (Å²) < 4.78 is 3.08. The summed E-state index contributed by atoms with van der Waals surface area (Å²) in [4.78, 5) is 0. The van der Waals surface area contributed by atoms with Gasteiger partial charge in [-0.2, -0.15) is 5.10 Å². The molecule has 0 aliphatic heterocycles. The van der Waals surface area contributed by atoms with Gasteiger partial charge in [-0.25, -0.2) is 0 Å². The van der Waals surface area contributed by atoms with Crippen LogP contribution in [0.1, 0.15) is 32.2 Å². The van der Waals surface area contributed by atoms with Crippen molar-refractivity contribution in [3.8, 4) is 0 Å². The molecule has 0 radical (unpaired) electrons. The van der Waals surface area contributed by atoms with Crippen molar-refractivity contribution in [2.75, 3.05) is 4.43 Å². The Balaban J connectivity index is 2.74. The lowest BCUT2D eigenvalue weighted by molar-refractivity contribution is 0.426. The second-order valence-electron chi connectivity index (χ2n) is 4.55. The average Bonchev–Trinajstić information content (AvgIpc) is 2.56. The van der Waals surface area contributed by atoms with E-state index in [1.54, 1.807) is 0 Å². The molecule has 1 aromatic heterocycles. The second-order valence-corrected chi connectivity index (χ2v) is 5.81. The molecule has 5 heteroatoms. The molecule has 0 bridgehead atoms. The van der Waals surface area contributed by atoms with Gasteiger partial charge in [-0.3, -0.25) is 4.68 Å². The van der Waals surface area contributed by atoms with Crippen LogP contribution < -0.4 is 5.32 Å². The molecule has 1 atom stereocenters. The van der Waals surface area contributed by atoms with E-state index in [2.05, 4.69) is 53.8 Å². The molecule has 0 amide bonds. The highest BCUT2D eigenvalue weighted by molar-refractivity contribution is 14.1. The van der Waals surface area contributed by atoms with Crippen LogP contribution in [0.4, 0.5) is 0 Å². The van der Waals surface area contributed by atoms with Gasteiger partial charge in [0, 0.05) is 23.6 Å². The Labute approximate surface area is 122 Å². The monoisotopic (exact) mass is 369 g/mol. The number of aryl methyl sites for hydroxylation is 2. The highest BCUT2D eigenvalue weighted by Gasteiger charge is 2.15. The van der Waals surface area contributed by atoms with E-state index >= 15 is 0 Å². The number of nitrogens with one attached hydrogen (secondary N) is 1. The van der Waals surface area contributed by atoms with Gasteiger partial charge < -0.3 is 5.32 Å². The van der Waals surface area contributed by atoms with Gasteiger partial charge in [0.15, 0.2) is 0 Å².